The highest BCUT2D eigenvalue weighted by Gasteiger charge is 2.51. The van der Waals surface area contributed by atoms with Gasteiger partial charge in [-0.3, -0.25) is 4.79 Å². The van der Waals surface area contributed by atoms with Crippen LogP contribution >= 0.6 is 0 Å². The summed E-state index contributed by atoms with van der Waals surface area (Å²) in [6.45, 7) is 0.745. The van der Waals surface area contributed by atoms with Gasteiger partial charge in [0.1, 0.15) is 0 Å². The summed E-state index contributed by atoms with van der Waals surface area (Å²) in [5.74, 6) is 0.281. The molecule has 0 spiro atoms. The Bertz CT molecular complexity index is 455. The lowest BCUT2D eigenvalue weighted by Crippen LogP contribution is -2.23. The summed E-state index contributed by atoms with van der Waals surface area (Å²) in [5.41, 5.74) is 1.81. The Balaban J connectivity index is 1.89. The van der Waals surface area contributed by atoms with Crippen LogP contribution in [-0.2, 0) is 14.9 Å². The lowest BCUT2D eigenvalue weighted by molar-refractivity contribution is -0.118. The van der Waals surface area contributed by atoms with Gasteiger partial charge < -0.3 is 4.74 Å². The zero-order valence-electron chi connectivity index (χ0n) is 9.82. The molecule has 0 bridgehead atoms. The van der Waals surface area contributed by atoms with Gasteiger partial charge in [-0.05, 0) is 31.2 Å². The van der Waals surface area contributed by atoms with E-state index in [0.717, 1.165) is 43.4 Å². The average molecular weight is 228 g/mol. The number of carbonyl (C=O) groups is 1. The molecule has 0 atom stereocenters. The molecule has 1 fully saturated rings. The molecule has 0 aromatic heterocycles. The number of carbonyl (C=O) groups excluding carboxylic acids is 1. The van der Waals surface area contributed by atoms with E-state index in [0.29, 0.717) is 0 Å². The van der Waals surface area contributed by atoms with Crippen LogP contribution in [0.2, 0.25) is 0 Å². The molecule has 1 aliphatic heterocycles. The molecule has 0 saturated heterocycles. The highest BCUT2D eigenvalue weighted by Crippen LogP contribution is 2.50. The van der Waals surface area contributed by atoms with Gasteiger partial charge in [0.05, 0.1) is 18.3 Å². The molecule has 3 rings (SSSR count). The molecule has 88 valence electrons. The minimum absolute atomic E-state index is 0.228. The summed E-state index contributed by atoms with van der Waals surface area (Å²) in [5, 5.41) is 0. The number of ether oxygens (including phenoxy) is 1. The quantitative estimate of drug-likeness (QED) is 0.795. The summed E-state index contributed by atoms with van der Waals surface area (Å²) in [6.07, 6.45) is 5.46. The van der Waals surface area contributed by atoms with Crippen LogP contribution in [0, 0.1) is 0 Å². The molecule has 1 saturated carbocycles. The van der Waals surface area contributed by atoms with E-state index in [1.807, 2.05) is 18.2 Å². The second-order valence-corrected chi connectivity index (χ2v) is 4.89. The van der Waals surface area contributed by atoms with Crippen LogP contribution in [-0.4, -0.2) is 12.4 Å². The smallest absolute Gasteiger partial charge is 0.172 e. The number of benzene rings is 1. The fourth-order valence-electron chi connectivity index (χ4n) is 2.57. The third kappa shape index (κ3) is 1.78. The van der Waals surface area contributed by atoms with Gasteiger partial charge in [0.25, 0.3) is 0 Å². The predicted octanol–water partition coefficient (Wildman–Crippen LogP) is 2.98. The Morgan fingerprint density at radius 2 is 1.94 bits per heavy atom. The van der Waals surface area contributed by atoms with E-state index < -0.39 is 0 Å². The predicted molar refractivity (Wildman–Crippen MR) is 65.6 cm³/mol. The highest BCUT2D eigenvalue weighted by atomic mass is 16.5. The van der Waals surface area contributed by atoms with Crippen LogP contribution in [0.4, 0.5) is 0 Å². The molecule has 2 nitrogen and oxygen atoms in total. The minimum atomic E-state index is -0.228. The Labute approximate surface area is 101 Å². The Hall–Kier alpha value is -1.57. The van der Waals surface area contributed by atoms with E-state index in [-0.39, 0.29) is 11.2 Å². The van der Waals surface area contributed by atoms with Gasteiger partial charge in [0.2, 0.25) is 0 Å². The normalized spacial score (nSPS) is 21.3. The lowest BCUT2D eigenvalue weighted by Gasteiger charge is -2.19. The Morgan fingerprint density at radius 1 is 1.18 bits per heavy atom. The van der Waals surface area contributed by atoms with Crippen molar-refractivity contribution in [1.29, 1.82) is 0 Å². The SMILES string of the molecule is O=C(C1=COCCC1)C1(c2ccccc2)CC1. The van der Waals surface area contributed by atoms with E-state index in [1.165, 1.54) is 0 Å². The molecule has 2 heteroatoms. The second kappa shape index (κ2) is 4.02. The van der Waals surface area contributed by atoms with Crippen molar-refractivity contribution < 1.29 is 9.53 Å². The summed E-state index contributed by atoms with van der Waals surface area (Å²) in [7, 11) is 0. The van der Waals surface area contributed by atoms with Gasteiger partial charge in [-0.1, -0.05) is 30.3 Å². The molecular weight excluding hydrogens is 212 g/mol. The molecule has 2 aliphatic rings. The summed E-state index contributed by atoms with van der Waals surface area (Å²) >= 11 is 0. The van der Waals surface area contributed by atoms with Crippen LogP contribution in [0.5, 0.6) is 0 Å². The average Bonchev–Trinajstić information content (AvgIpc) is 3.21. The van der Waals surface area contributed by atoms with Crippen LogP contribution in [0.15, 0.2) is 42.2 Å². The second-order valence-electron chi connectivity index (χ2n) is 4.89. The summed E-state index contributed by atoms with van der Waals surface area (Å²) in [4.78, 5) is 12.5. The van der Waals surface area contributed by atoms with Crippen molar-refractivity contribution >= 4 is 5.78 Å². The molecule has 1 aliphatic carbocycles. The molecular formula is C15H16O2. The van der Waals surface area contributed by atoms with Gasteiger partial charge in [0.15, 0.2) is 5.78 Å². The van der Waals surface area contributed by atoms with Gasteiger partial charge in [-0.2, -0.15) is 0 Å². The Morgan fingerprint density at radius 3 is 2.53 bits per heavy atom. The zero-order valence-corrected chi connectivity index (χ0v) is 9.82. The summed E-state index contributed by atoms with van der Waals surface area (Å²) < 4.78 is 5.28. The maximum absolute atomic E-state index is 12.5. The third-order valence-corrected chi connectivity index (χ3v) is 3.74. The standard InChI is InChI=1S/C15H16O2/c16-14(12-5-4-10-17-11-12)15(8-9-15)13-6-2-1-3-7-13/h1-3,6-7,11H,4-5,8-10H2. The monoisotopic (exact) mass is 228 g/mol. The first-order chi connectivity index (χ1) is 8.33. The Kier molecular flexibility index (Phi) is 2.50. The molecule has 1 aromatic rings. The number of hydrogen-bond donors (Lipinski definition) is 0. The first-order valence-corrected chi connectivity index (χ1v) is 6.24. The van der Waals surface area contributed by atoms with E-state index in [9.17, 15) is 4.79 Å². The summed E-state index contributed by atoms with van der Waals surface area (Å²) in [6, 6.07) is 10.1. The molecule has 1 heterocycles. The van der Waals surface area contributed by atoms with Crippen molar-refractivity contribution in [3.8, 4) is 0 Å². The first-order valence-electron chi connectivity index (χ1n) is 6.24. The maximum atomic E-state index is 12.5. The number of ketones is 1. The fraction of sp³-hybridized carbons (Fsp3) is 0.400. The van der Waals surface area contributed by atoms with Crippen molar-refractivity contribution in [1.82, 2.24) is 0 Å². The van der Waals surface area contributed by atoms with Crippen molar-refractivity contribution in [2.24, 2.45) is 0 Å². The van der Waals surface area contributed by atoms with Crippen LogP contribution in [0.1, 0.15) is 31.2 Å². The lowest BCUT2D eigenvalue weighted by atomic mass is 9.86. The highest BCUT2D eigenvalue weighted by molar-refractivity contribution is 6.05. The van der Waals surface area contributed by atoms with Crippen molar-refractivity contribution in [3.63, 3.8) is 0 Å². The molecule has 1 aromatic carbocycles. The molecule has 0 radical (unpaired) electrons. The van der Waals surface area contributed by atoms with Crippen LogP contribution in [0.25, 0.3) is 0 Å². The molecule has 0 amide bonds. The van der Waals surface area contributed by atoms with Crippen LogP contribution < -0.4 is 0 Å². The van der Waals surface area contributed by atoms with Gasteiger partial charge in [-0.25, -0.2) is 0 Å². The maximum Gasteiger partial charge on any atom is 0.172 e. The number of hydrogen-bond acceptors (Lipinski definition) is 2. The van der Waals surface area contributed by atoms with E-state index in [2.05, 4.69) is 12.1 Å². The van der Waals surface area contributed by atoms with E-state index >= 15 is 0 Å². The van der Waals surface area contributed by atoms with Crippen molar-refractivity contribution in [2.75, 3.05) is 6.61 Å². The van der Waals surface area contributed by atoms with Gasteiger partial charge >= 0.3 is 0 Å². The topological polar surface area (TPSA) is 26.3 Å². The van der Waals surface area contributed by atoms with Gasteiger partial charge in [-0.15, -0.1) is 0 Å². The van der Waals surface area contributed by atoms with Gasteiger partial charge in [0, 0.05) is 5.57 Å². The third-order valence-electron chi connectivity index (χ3n) is 3.74. The zero-order chi connectivity index (χ0) is 11.7. The molecule has 17 heavy (non-hydrogen) atoms. The number of rotatable bonds is 3. The fourth-order valence-corrected chi connectivity index (χ4v) is 2.57. The van der Waals surface area contributed by atoms with Crippen molar-refractivity contribution in [3.05, 3.63) is 47.7 Å². The molecule has 0 unspecified atom stereocenters. The number of Topliss-reactive ketones (excluding diaryl/α,β-unsaturated/α-hetero) is 1. The number of allylic oxidation sites excluding steroid dienone is 1. The largest absolute Gasteiger partial charge is 0.501 e. The molecule has 0 N–H and O–H groups in total. The van der Waals surface area contributed by atoms with Crippen LogP contribution in [0.3, 0.4) is 0 Å². The first kappa shape index (κ1) is 10.6. The van der Waals surface area contributed by atoms with Crippen molar-refractivity contribution in [2.45, 2.75) is 31.1 Å². The minimum Gasteiger partial charge on any atom is -0.501 e. The van der Waals surface area contributed by atoms with E-state index in [4.69, 9.17) is 4.74 Å². The van der Waals surface area contributed by atoms with E-state index in [1.54, 1.807) is 6.26 Å².